The van der Waals surface area contributed by atoms with Gasteiger partial charge >= 0.3 is 0 Å². The molecule has 0 saturated carbocycles. The van der Waals surface area contributed by atoms with Crippen LogP contribution in [-0.2, 0) is 24.9 Å². The largest absolute Gasteiger partial charge is 0.351 e. The average Bonchev–Trinajstić information content (AvgIpc) is 3.27. The van der Waals surface area contributed by atoms with Gasteiger partial charge in [-0.3, -0.25) is 4.79 Å². The summed E-state index contributed by atoms with van der Waals surface area (Å²) in [5, 5.41) is 13.8. The van der Waals surface area contributed by atoms with Crippen LogP contribution < -0.4 is 5.32 Å². The third kappa shape index (κ3) is 4.40. The molecule has 0 atom stereocenters. The molecule has 0 spiro atoms. The molecule has 3 heterocycles. The Kier molecular flexibility index (Phi) is 5.87. The van der Waals surface area contributed by atoms with Gasteiger partial charge < -0.3 is 19.7 Å². The van der Waals surface area contributed by atoms with Crippen molar-refractivity contribution in [2.24, 2.45) is 12.0 Å². The fraction of sp³-hybridized carbons (Fsp3) is 0.529. The van der Waals surface area contributed by atoms with Gasteiger partial charge in [-0.05, 0) is 18.4 Å². The highest BCUT2D eigenvalue weighted by molar-refractivity contribution is 7.09. The molecule has 1 aliphatic rings. The number of amides is 1. The molecule has 1 aliphatic heterocycles. The van der Waals surface area contributed by atoms with E-state index in [0.717, 1.165) is 50.3 Å². The van der Waals surface area contributed by atoms with Crippen molar-refractivity contribution in [3.8, 4) is 0 Å². The summed E-state index contributed by atoms with van der Waals surface area (Å²) in [7, 11) is 1.95. The molecule has 0 aromatic carbocycles. The normalized spacial score (nSPS) is 15.4. The summed E-state index contributed by atoms with van der Waals surface area (Å²) in [5.74, 6) is 2.69. The van der Waals surface area contributed by atoms with E-state index in [9.17, 15) is 4.79 Å². The number of piperazine rings is 1. The first-order valence-corrected chi connectivity index (χ1v) is 9.58. The second-order valence-electron chi connectivity index (χ2n) is 6.29. The lowest BCUT2D eigenvalue weighted by Crippen LogP contribution is -2.53. The molecule has 0 unspecified atom stereocenters. The molecule has 9 heteroatoms. The standard InChI is InChI=1S/C17H25N7OS/c1-13-20-21-16(22(13)3)12-19-17(18-11-15-5-4-10-26-15)24-8-6-23(7-9-24)14(2)25/h4-5,10H,6-9,11-12H2,1-3H3,(H,18,19). The second kappa shape index (κ2) is 8.31. The predicted molar refractivity (Wildman–Crippen MR) is 102 cm³/mol. The quantitative estimate of drug-likeness (QED) is 0.637. The lowest BCUT2D eigenvalue weighted by atomic mass is 10.3. The number of hydrogen-bond donors (Lipinski definition) is 1. The number of carbonyl (C=O) groups is 1. The Morgan fingerprint density at radius 2 is 2.00 bits per heavy atom. The van der Waals surface area contributed by atoms with E-state index in [0.29, 0.717) is 6.54 Å². The van der Waals surface area contributed by atoms with Crippen LogP contribution in [0.25, 0.3) is 0 Å². The number of aromatic nitrogens is 3. The van der Waals surface area contributed by atoms with Gasteiger partial charge in [0.2, 0.25) is 5.91 Å². The van der Waals surface area contributed by atoms with Crippen molar-refractivity contribution in [2.45, 2.75) is 26.9 Å². The Bertz CT molecular complexity index is 760. The third-order valence-corrected chi connectivity index (χ3v) is 5.45. The van der Waals surface area contributed by atoms with E-state index >= 15 is 0 Å². The summed E-state index contributed by atoms with van der Waals surface area (Å²) in [4.78, 5) is 21.7. The summed E-state index contributed by atoms with van der Waals surface area (Å²) in [5.41, 5.74) is 0. The lowest BCUT2D eigenvalue weighted by molar-refractivity contribution is -0.130. The maximum Gasteiger partial charge on any atom is 0.219 e. The van der Waals surface area contributed by atoms with Crippen LogP contribution in [-0.4, -0.2) is 62.6 Å². The van der Waals surface area contributed by atoms with Gasteiger partial charge in [-0.25, -0.2) is 4.99 Å². The van der Waals surface area contributed by atoms with Gasteiger partial charge in [0, 0.05) is 45.0 Å². The SMILES string of the molecule is CC(=O)N1CCN(C(=NCc2nnc(C)n2C)NCc2cccs2)CC1. The number of nitrogens with zero attached hydrogens (tertiary/aromatic N) is 6. The number of aliphatic imine (C=N–C) groups is 1. The number of carbonyl (C=O) groups excluding carboxylic acids is 1. The molecule has 140 valence electrons. The highest BCUT2D eigenvalue weighted by atomic mass is 32.1. The van der Waals surface area contributed by atoms with Crippen LogP contribution in [0.2, 0.25) is 0 Å². The highest BCUT2D eigenvalue weighted by Crippen LogP contribution is 2.09. The van der Waals surface area contributed by atoms with Gasteiger partial charge in [-0.15, -0.1) is 21.5 Å². The number of thiophene rings is 1. The van der Waals surface area contributed by atoms with E-state index in [2.05, 4.69) is 31.9 Å². The van der Waals surface area contributed by atoms with E-state index in [1.54, 1.807) is 18.3 Å². The number of nitrogens with one attached hydrogen (secondary N) is 1. The second-order valence-corrected chi connectivity index (χ2v) is 7.32. The summed E-state index contributed by atoms with van der Waals surface area (Å²) >= 11 is 1.72. The minimum absolute atomic E-state index is 0.129. The zero-order chi connectivity index (χ0) is 18.5. The number of rotatable bonds is 4. The van der Waals surface area contributed by atoms with Gasteiger partial charge in [0.05, 0.1) is 6.54 Å². The first kappa shape index (κ1) is 18.4. The molecule has 1 N–H and O–H groups in total. The molecule has 3 rings (SSSR count). The summed E-state index contributed by atoms with van der Waals surface area (Å²) < 4.78 is 1.95. The third-order valence-electron chi connectivity index (χ3n) is 4.58. The molecule has 1 fully saturated rings. The molecule has 26 heavy (non-hydrogen) atoms. The van der Waals surface area contributed by atoms with E-state index in [1.165, 1.54) is 4.88 Å². The molecule has 1 saturated heterocycles. The zero-order valence-electron chi connectivity index (χ0n) is 15.5. The monoisotopic (exact) mass is 375 g/mol. The number of hydrogen-bond acceptors (Lipinski definition) is 5. The maximum absolute atomic E-state index is 11.6. The minimum atomic E-state index is 0.129. The Morgan fingerprint density at radius 3 is 2.58 bits per heavy atom. The van der Waals surface area contributed by atoms with Crippen LogP contribution in [0.15, 0.2) is 22.5 Å². The fourth-order valence-electron chi connectivity index (χ4n) is 2.81. The van der Waals surface area contributed by atoms with Gasteiger partial charge in [0.15, 0.2) is 11.8 Å². The Labute approximate surface area is 157 Å². The minimum Gasteiger partial charge on any atom is -0.351 e. The molecular weight excluding hydrogens is 350 g/mol. The van der Waals surface area contributed by atoms with Crippen molar-refractivity contribution in [3.05, 3.63) is 34.0 Å². The number of aryl methyl sites for hydroxylation is 1. The van der Waals surface area contributed by atoms with Gasteiger partial charge in [-0.1, -0.05) is 6.07 Å². The highest BCUT2D eigenvalue weighted by Gasteiger charge is 2.21. The van der Waals surface area contributed by atoms with Crippen LogP contribution in [0.4, 0.5) is 0 Å². The van der Waals surface area contributed by atoms with Crippen molar-refractivity contribution in [1.29, 1.82) is 0 Å². The summed E-state index contributed by atoms with van der Waals surface area (Å²) in [6, 6.07) is 4.15. The first-order chi connectivity index (χ1) is 12.5. The topological polar surface area (TPSA) is 78.7 Å². The molecule has 1 amide bonds. The maximum atomic E-state index is 11.6. The van der Waals surface area contributed by atoms with E-state index in [1.807, 2.05) is 29.5 Å². The number of guanidine groups is 1. The van der Waals surface area contributed by atoms with Crippen LogP contribution >= 0.6 is 11.3 Å². The molecule has 0 bridgehead atoms. The van der Waals surface area contributed by atoms with Crippen molar-refractivity contribution in [2.75, 3.05) is 26.2 Å². The summed E-state index contributed by atoms with van der Waals surface area (Å²) in [6.45, 7) is 7.74. The van der Waals surface area contributed by atoms with Crippen molar-refractivity contribution >= 4 is 23.2 Å². The molecule has 2 aromatic heterocycles. The van der Waals surface area contributed by atoms with Crippen LogP contribution in [0.3, 0.4) is 0 Å². The van der Waals surface area contributed by atoms with Crippen LogP contribution in [0, 0.1) is 6.92 Å². The van der Waals surface area contributed by atoms with Gasteiger partial charge in [0.1, 0.15) is 12.4 Å². The van der Waals surface area contributed by atoms with E-state index in [-0.39, 0.29) is 5.91 Å². The Balaban J connectivity index is 1.69. The molecule has 0 aliphatic carbocycles. The molecule has 8 nitrogen and oxygen atoms in total. The van der Waals surface area contributed by atoms with Crippen LogP contribution in [0.5, 0.6) is 0 Å². The van der Waals surface area contributed by atoms with Crippen molar-refractivity contribution in [3.63, 3.8) is 0 Å². The van der Waals surface area contributed by atoms with E-state index < -0.39 is 0 Å². The fourth-order valence-corrected chi connectivity index (χ4v) is 3.46. The average molecular weight is 376 g/mol. The smallest absolute Gasteiger partial charge is 0.219 e. The molecular formula is C17H25N7OS. The van der Waals surface area contributed by atoms with E-state index in [4.69, 9.17) is 4.99 Å². The predicted octanol–water partition coefficient (Wildman–Crippen LogP) is 0.995. The Hall–Kier alpha value is -2.42. The van der Waals surface area contributed by atoms with Crippen molar-refractivity contribution < 1.29 is 4.79 Å². The van der Waals surface area contributed by atoms with Crippen LogP contribution in [0.1, 0.15) is 23.4 Å². The van der Waals surface area contributed by atoms with Gasteiger partial charge in [-0.2, -0.15) is 0 Å². The molecule has 0 radical (unpaired) electrons. The van der Waals surface area contributed by atoms with Crippen molar-refractivity contribution in [1.82, 2.24) is 29.9 Å². The van der Waals surface area contributed by atoms with Gasteiger partial charge in [0.25, 0.3) is 0 Å². The lowest BCUT2D eigenvalue weighted by Gasteiger charge is -2.36. The zero-order valence-corrected chi connectivity index (χ0v) is 16.3. The Morgan fingerprint density at radius 1 is 1.27 bits per heavy atom. The summed E-state index contributed by atoms with van der Waals surface area (Å²) in [6.07, 6.45) is 0. The molecule has 2 aromatic rings. The first-order valence-electron chi connectivity index (χ1n) is 8.70.